The lowest BCUT2D eigenvalue weighted by molar-refractivity contribution is 0.800. The van der Waals surface area contributed by atoms with Crippen molar-refractivity contribution in [3.05, 3.63) is 53.6 Å². The molecule has 0 fully saturated rings. The Balaban J connectivity index is 1.78. The highest BCUT2D eigenvalue weighted by atomic mass is 35.5. The number of nitrogens with zero attached hydrogens (tertiary/aromatic N) is 5. The zero-order valence-corrected chi connectivity index (χ0v) is 12.6. The van der Waals surface area contributed by atoms with Gasteiger partial charge in [0.05, 0.1) is 18.1 Å². The molecule has 2 heterocycles. The minimum absolute atomic E-state index is 0.0107. The first-order valence-corrected chi connectivity index (χ1v) is 7.02. The van der Waals surface area contributed by atoms with E-state index in [0.717, 1.165) is 11.3 Å². The molecule has 0 spiro atoms. The van der Waals surface area contributed by atoms with Gasteiger partial charge in [-0.25, -0.2) is 14.6 Å². The van der Waals surface area contributed by atoms with E-state index in [2.05, 4.69) is 25.6 Å². The zero-order valence-electron chi connectivity index (χ0n) is 11.8. The number of hydrogen-bond donors (Lipinski definition) is 2. The fourth-order valence-electron chi connectivity index (χ4n) is 2.03. The molecule has 0 amide bonds. The molecule has 0 unspecified atom stereocenters. The van der Waals surface area contributed by atoms with Crippen molar-refractivity contribution >= 4 is 23.2 Å². The van der Waals surface area contributed by atoms with Gasteiger partial charge in [0.25, 0.3) is 0 Å². The maximum Gasteiger partial charge on any atom is 0.150 e. The van der Waals surface area contributed by atoms with Crippen LogP contribution in [0.1, 0.15) is 18.5 Å². The van der Waals surface area contributed by atoms with Gasteiger partial charge in [0, 0.05) is 6.04 Å². The Morgan fingerprint density at radius 1 is 1.23 bits per heavy atom. The third kappa shape index (κ3) is 2.84. The molecule has 112 valence electrons. The Kier molecular flexibility index (Phi) is 3.88. The Morgan fingerprint density at radius 3 is 2.68 bits per heavy atom. The molecular formula is C14H14ClN7. The lowest BCUT2D eigenvalue weighted by Gasteiger charge is -2.16. The first kappa shape index (κ1) is 14.3. The lowest BCUT2D eigenvalue weighted by Crippen LogP contribution is -2.09. The van der Waals surface area contributed by atoms with Crippen LogP contribution in [0, 0.1) is 0 Å². The second-order valence-electron chi connectivity index (χ2n) is 4.73. The van der Waals surface area contributed by atoms with Crippen LogP contribution in [0.4, 0.5) is 11.6 Å². The Morgan fingerprint density at radius 2 is 2.00 bits per heavy atom. The molecule has 0 radical (unpaired) electrons. The number of rotatable bonds is 4. The van der Waals surface area contributed by atoms with Crippen LogP contribution in [0.5, 0.6) is 0 Å². The SMILES string of the molecule is C[C@@H](Nc1ncnc(N)c1Cl)c1ccc(-n2ccnn2)cc1. The maximum absolute atomic E-state index is 6.09. The van der Waals surface area contributed by atoms with E-state index >= 15 is 0 Å². The minimum atomic E-state index is 0.0107. The van der Waals surface area contributed by atoms with Gasteiger partial charge < -0.3 is 11.1 Å². The minimum Gasteiger partial charge on any atom is -0.382 e. The van der Waals surface area contributed by atoms with Crippen LogP contribution in [-0.2, 0) is 0 Å². The van der Waals surface area contributed by atoms with E-state index in [9.17, 15) is 0 Å². The summed E-state index contributed by atoms with van der Waals surface area (Å²) in [6.07, 6.45) is 4.81. The van der Waals surface area contributed by atoms with E-state index < -0.39 is 0 Å². The van der Waals surface area contributed by atoms with Crippen molar-refractivity contribution in [2.24, 2.45) is 0 Å². The number of anilines is 2. The first-order valence-electron chi connectivity index (χ1n) is 6.64. The van der Waals surface area contributed by atoms with Gasteiger partial charge in [-0.05, 0) is 24.6 Å². The van der Waals surface area contributed by atoms with Crippen LogP contribution in [0.3, 0.4) is 0 Å². The second-order valence-corrected chi connectivity index (χ2v) is 5.10. The van der Waals surface area contributed by atoms with E-state index in [1.54, 1.807) is 17.1 Å². The fourth-order valence-corrected chi connectivity index (χ4v) is 2.19. The van der Waals surface area contributed by atoms with E-state index in [1.165, 1.54) is 6.33 Å². The highest BCUT2D eigenvalue weighted by molar-refractivity contribution is 6.35. The van der Waals surface area contributed by atoms with Gasteiger partial charge in [-0.1, -0.05) is 28.9 Å². The summed E-state index contributed by atoms with van der Waals surface area (Å²) in [4.78, 5) is 7.94. The molecule has 8 heteroatoms. The van der Waals surface area contributed by atoms with E-state index in [4.69, 9.17) is 17.3 Å². The van der Waals surface area contributed by atoms with Crippen LogP contribution < -0.4 is 11.1 Å². The summed E-state index contributed by atoms with van der Waals surface area (Å²) >= 11 is 6.09. The monoisotopic (exact) mass is 315 g/mol. The average Bonchev–Trinajstić information content (AvgIpc) is 3.06. The molecule has 0 bridgehead atoms. The van der Waals surface area contributed by atoms with Crippen molar-refractivity contribution in [2.45, 2.75) is 13.0 Å². The number of aromatic nitrogens is 5. The van der Waals surface area contributed by atoms with Crippen LogP contribution >= 0.6 is 11.6 Å². The number of halogens is 1. The quantitative estimate of drug-likeness (QED) is 0.768. The summed E-state index contributed by atoms with van der Waals surface area (Å²) in [6, 6.07) is 7.97. The molecule has 0 saturated carbocycles. The smallest absolute Gasteiger partial charge is 0.150 e. The normalized spacial score (nSPS) is 12.1. The van der Waals surface area contributed by atoms with Gasteiger partial charge >= 0.3 is 0 Å². The number of hydrogen-bond acceptors (Lipinski definition) is 6. The standard InChI is InChI=1S/C14H14ClN7/c1-9(20-14-12(15)13(16)17-8-18-14)10-2-4-11(5-3-10)22-7-6-19-21-22/h2-9H,1H3,(H3,16,17,18,20)/t9-/m1/s1. The molecule has 0 saturated heterocycles. The van der Waals surface area contributed by atoms with Gasteiger partial charge in [0.2, 0.25) is 0 Å². The van der Waals surface area contributed by atoms with Gasteiger partial charge in [-0.2, -0.15) is 0 Å². The molecule has 0 aliphatic carbocycles. The fraction of sp³-hybridized carbons (Fsp3) is 0.143. The van der Waals surface area contributed by atoms with Crippen molar-refractivity contribution in [2.75, 3.05) is 11.1 Å². The van der Waals surface area contributed by atoms with Gasteiger partial charge in [0.15, 0.2) is 5.82 Å². The number of nitrogens with one attached hydrogen (secondary N) is 1. The molecule has 3 rings (SSSR count). The summed E-state index contributed by atoms with van der Waals surface area (Å²) < 4.78 is 1.70. The lowest BCUT2D eigenvalue weighted by atomic mass is 10.1. The topological polar surface area (TPSA) is 94.5 Å². The molecule has 0 aliphatic rings. The van der Waals surface area contributed by atoms with Crippen LogP contribution in [0.25, 0.3) is 5.69 Å². The van der Waals surface area contributed by atoms with Crippen LogP contribution in [0.2, 0.25) is 5.02 Å². The highest BCUT2D eigenvalue weighted by Gasteiger charge is 2.11. The first-order chi connectivity index (χ1) is 10.6. The number of nitrogens with two attached hydrogens (primary N) is 1. The zero-order chi connectivity index (χ0) is 15.5. The van der Waals surface area contributed by atoms with Crippen molar-refractivity contribution in [3.63, 3.8) is 0 Å². The molecule has 22 heavy (non-hydrogen) atoms. The molecule has 3 N–H and O–H groups in total. The average molecular weight is 316 g/mol. The molecule has 1 atom stereocenters. The second kappa shape index (κ2) is 5.98. The largest absolute Gasteiger partial charge is 0.382 e. The Labute approximate surface area is 132 Å². The van der Waals surface area contributed by atoms with Crippen molar-refractivity contribution in [3.8, 4) is 5.69 Å². The summed E-state index contributed by atoms with van der Waals surface area (Å²) in [5.41, 5.74) is 7.69. The van der Waals surface area contributed by atoms with E-state index in [0.29, 0.717) is 10.8 Å². The summed E-state index contributed by atoms with van der Waals surface area (Å²) in [7, 11) is 0. The molecule has 7 nitrogen and oxygen atoms in total. The Bertz CT molecular complexity index is 755. The molecular weight excluding hydrogens is 302 g/mol. The van der Waals surface area contributed by atoms with Gasteiger partial charge in [-0.15, -0.1) is 5.10 Å². The van der Waals surface area contributed by atoms with Crippen LogP contribution in [0.15, 0.2) is 43.0 Å². The van der Waals surface area contributed by atoms with Crippen LogP contribution in [-0.4, -0.2) is 25.0 Å². The summed E-state index contributed by atoms with van der Waals surface area (Å²) in [5.74, 6) is 0.773. The predicted molar refractivity (Wildman–Crippen MR) is 84.9 cm³/mol. The molecule has 0 aliphatic heterocycles. The van der Waals surface area contributed by atoms with Crippen molar-refractivity contribution in [1.29, 1.82) is 0 Å². The van der Waals surface area contributed by atoms with Crippen molar-refractivity contribution in [1.82, 2.24) is 25.0 Å². The Hall–Kier alpha value is -2.67. The number of benzene rings is 1. The third-order valence-electron chi connectivity index (χ3n) is 3.25. The third-order valence-corrected chi connectivity index (χ3v) is 3.62. The summed E-state index contributed by atoms with van der Waals surface area (Å²) in [5, 5.41) is 11.3. The van der Waals surface area contributed by atoms with E-state index in [1.807, 2.05) is 31.2 Å². The van der Waals surface area contributed by atoms with Crippen molar-refractivity contribution < 1.29 is 0 Å². The molecule has 2 aromatic heterocycles. The van der Waals surface area contributed by atoms with Gasteiger partial charge in [0.1, 0.15) is 17.2 Å². The maximum atomic E-state index is 6.09. The number of nitrogen functional groups attached to an aromatic ring is 1. The predicted octanol–water partition coefficient (Wildman–Crippen LogP) is 2.47. The summed E-state index contributed by atoms with van der Waals surface area (Å²) in [6.45, 7) is 2.01. The van der Waals surface area contributed by atoms with Gasteiger partial charge in [-0.3, -0.25) is 0 Å². The highest BCUT2D eigenvalue weighted by Crippen LogP contribution is 2.27. The molecule has 1 aromatic carbocycles. The molecule has 3 aromatic rings. The van der Waals surface area contributed by atoms with E-state index in [-0.39, 0.29) is 11.9 Å².